The van der Waals surface area contributed by atoms with Gasteiger partial charge in [0, 0.05) is 16.6 Å². The van der Waals surface area contributed by atoms with Crippen molar-refractivity contribution in [2.45, 2.75) is 25.7 Å². The molecule has 0 spiro atoms. The van der Waals surface area contributed by atoms with Gasteiger partial charge in [-0.3, -0.25) is 4.79 Å². The van der Waals surface area contributed by atoms with E-state index < -0.39 is 0 Å². The molecule has 2 aliphatic rings. The van der Waals surface area contributed by atoms with Gasteiger partial charge in [-0.05, 0) is 81.1 Å². The van der Waals surface area contributed by atoms with Gasteiger partial charge in [-0.25, -0.2) is 0 Å². The maximum Gasteiger partial charge on any atom is 0.250 e. The van der Waals surface area contributed by atoms with Crippen LogP contribution in [0.5, 0.6) is 5.75 Å². The van der Waals surface area contributed by atoms with E-state index in [1.54, 1.807) is 0 Å². The Morgan fingerprint density at radius 1 is 1.13 bits per heavy atom. The highest BCUT2D eigenvalue weighted by molar-refractivity contribution is 9.10. The topological polar surface area (TPSA) is 41.6 Å². The summed E-state index contributed by atoms with van der Waals surface area (Å²) in [7, 11) is 0. The Morgan fingerprint density at radius 2 is 1.93 bits per heavy atom. The highest BCUT2D eigenvalue weighted by Crippen LogP contribution is 2.29. The number of likely N-dealkylation sites (tertiary alicyclic amines) is 1. The number of nitrogens with one attached hydrogen (secondary N) is 1. The number of carbonyl (C=O) groups is 1. The molecule has 4 rings (SSSR count). The van der Waals surface area contributed by atoms with Gasteiger partial charge in [0.25, 0.3) is 5.91 Å². The number of ether oxygens (including phenoxy) is 1. The van der Waals surface area contributed by atoms with Crippen LogP contribution < -0.4 is 10.1 Å². The third kappa shape index (κ3) is 5.73. The summed E-state index contributed by atoms with van der Waals surface area (Å²) < 4.78 is 6.69. The molecule has 0 bridgehead atoms. The molecule has 4 nitrogen and oxygen atoms in total. The number of amides is 1. The largest absolute Gasteiger partial charge is 0.488 e. The Morgan fingerprint density at radius 3 is 2.73 bits per heavy atom. The van der Waals surface area contributed by atoms with Gasteiger partial charge < -0.3 is 15.0 Å². The summed E-state index contributed by atoms with van der Waals surface area (Å²) in [4.78, 5) is 15.0. The summed E-state index contributed by atoms with van der Waals surface area (Å²) in [5.74, 6) is 1.59. The fraction of sp³-hybridized carbons (Fsp3) is 0.400. The molecule has 2 aliphatic heterocycles. The minimum Gasteiger partial charge on any atom is -0.488 e. The number of carbonyl (C=O) groups excluding carboxylic acids is 1. The Hall–Kier alpha value is -2.11. The number of fused-ring (bicyclic) bond motifs is 1. The predicted octanol–water partition coefficient (Wildman–Crippen LogP) is 4.69. The summed E-state index contributed by atoms with van der Waals surface area (Å²) >= 11 is 3.47. The van der Waals surface area contributed by atoms with Crippen LogP contribution in [0.25, 0.3) is 6.08 Å². The number of halogens is 1. The van der Waals surface area contributed by atoms with Gasteiger partial charge in [-0.1, -0.05) is 46.3 Å². The average molecular weight is 469 g/mol. The van der Waals surface area contributed by atoms with Gasteiger partial charge in [0.05, 0.1) is 5.57 Å². The second-order valence-electron chi connectivity index (χ2n) is 8.22. The van der Waals surface area contributed by atoms with E-state index >= 15 is 0 Å². The van der Waals surface area contributed by atoms with Crippen molar-refractivity contribution in [1.82, 2.24) is 10.2 Å². The minimum absolute atomic E-state index is 0.0257. The van der Waals surface area contributed by atoms with Gasteiger partial charge in [-0.2, -0.15) is 0 Å². The highest BCUT2D eigenvalue weighted by Gasteiger charge is 2.20. The zero-order valence-electron chi connectivity index (χ0n) is 17.3. The van der Waals surface area contributed by atoms with E-state index in [-0.39, 0.29) is 5.91 Å². The van der Waals surface area contributed by atoms with Crippen molar-refractivity contribution in [3.05, 3.63) is 69.7 Å². The molecule has 1 fully saturated rings. The lowest BCUT2D eigenvalue weighted by Gasteiger charge is -2.32. The molecule has 2 heterocycles. The Balaban J connectivity index is 1.15. The standard InChI is InChI=1S/C25H29BrN2O2/c26-23-7-8-24-21(17-23)16-22(18-30-24)25(29)27-11-4-12-28-13-9-20(10-14-28)15-19-5-2-1-3-6-19/h1-3,5-8,16-17,20H,4,9-15,18H2,(H,27,29). The molecule has 0 aromatic heterocycles. The maximum absolute atomic E-state index is 12.5. The van der Waals surface area contributed by atoms with Crippen molar-refractivity contribution in [2.75, 3.05) is 32.8 Å². The van der Waals surface area contributed by atoms with E-state index in [1.807, 2.05) is 24.3 Å². The smallest absolute Gasteiger partial charge is 0.250 e. The SMILES string of the molecule is O=C(NCCCN1CCC(Cc2ccccc2)CC1)C1=Cc2cc(Br)ccc2OC1. The molecule has 0 radical (unpaired) electrons. The van der Waals surface area contributed by atoms with Crippen LogP contribution in [0.15, 0.2) is 58.6 Å². The number of benzene rings is 2. The Labute approximate surface area is 187 Å². The van der Waals surface area contributed by atoms with Crippen molar-refractivity contribution in [2.24, 2.45) is 5.92 Å². The zero-order chi connectivity index (χ0) is 20.8. The summed E-state index contributed by atoms with van der Waals surface area (Å²) in [5, 5.41) is 3.05. The van der Waals surface area contributed by atoms with Gasteiger partial charge in [0.15, 0.2) is 0 Å². The Bertz CT molecular complexity index is 889. The molecular formula is C25H29BrN2O2. The Kier molecular flexibility index (Phi) is 7.24. The molecule has 0 unspecified atom stereocenters. The summed E-state index contributed by atoms with van der Waals surface area (Å²) in [6, 6.07) is 16.7. The van der Waals surface area contributed by atoms with Crippen molar-refractivity contribution < 1.29 is 9.53 Å². The number of nitrogens with zero attached hydrogens (tertiary/aromatic N) is 1. The number of hydrogen-bond acceptors (Lipinski definition) is 3. The molecule has 5 heteroatoms. The quantitative estimate of drug-likeness (QED) is 0.599. The van der Waals surface area contributed by atoms with Crippen molar-refractivity contribution in [3.8, 4) is 5.75 Å². The lowest BCUT2D eigenvalue weighted by atomic mass is 9.90. The van der Waals surface area contributed by atoms with Crippen LogP contribution >= 0.6 is 15.9 Å². The van der Waals surface area contributed by atoms with Crippen molar-refractivity contribution in [1.29, 1.82) is 0 Å². The lowest BCUT2D eigenvalue weighted by molar-refractivity contribution is -0.117. The minimum atomic E-state index is -0.0257. The summed E-state index contributed by atoms with van der Waals surface area (Å²) in [5.41, 5.74) is 3.08. The van der Waals surface area contributed by atoms with Gasteiger partial charge in [0.2, 0.25) is 0 Å². The van der Waals surface area contributed by atoms with E-state index in [4.69, 9.17) is 4.74 Å². The van der Waals surface area contributed by atoms with E-state index in [0.717, 1.165) is 47.8 Å². The van der Waals surface area contributed by atoms with Crippen LogP contribution in [0.3, 0.4) is 0 Å². The van der Waals surface area contributed by atoms with E-state index in [9.17, 15) is 4.79 Å². The predicted molar refractivity (Wildman–Crippen MR) is 125 cm³/mol. The molecule has 0 atom stereocenters. The number of piperidine rings is 1. The molecule has 2 aromatic rings. The maximum atomic E-state index is 12.5. The van der Waals surface area contributed by atoms with Crippen LogP contribution in [-0.4, -0.2) is 43.6 Å². The van der Waals surface area contributed by atoms with Crippen LogP contribution in [0, 0.1) is 5.92 Å². The molecule has 158 valence electrons. The van der Waals surface area contributed by atoms with Crippen LogP contribution in [0.2, 0.25) is 0 Å². The molecule has 2 aromatic carbocycles. The average Bonchev–Trinajstić information content (AvgIpc) is 2.78. The van der Waals surface area contributed by atoms with Gasteiger partial charge in [-0.15, -0.1) is 0 Å². The van der Waals surface area contributed by atoms with Crippen molar-refractivity contribution in [3.63, 3.8) is 0 Å². The lowest BCUT2D eigenvalue weighted by Crippen LogP contribution is -2.37. The first-order valence-electron chi connectivity index (χ1n) is 10.8. The first-order chi connectivity index (χ1) is 14.7. The third-order valence-corrected chi connectivity index (χ3v) is 6.48. The molecule has 0 saturated carbocycles. The molecule has 1 N–H and O–H groups in total. The van der Waals surface area contributed by atoms with Gasteiger partial charge in [0.1, 0.15) is 12.4 Å². The zero-order valence-corrected chi connectivity index (χ0v) is 18.9. The fourth-order valence-electron chi connectivity index (χ4n) is 4.26. The molecular weight excluding hydrogens is 440 g/mol. The number of rotatable bonds is 7. The van der Waals surface area contributed by atoms with Crippen molar-refractivity contribution >= 4 is 27.9 Å². The second kappa shape index (κ2) is 10.3. The molecule has 30 heavy (non-hydrogen) atoms. The first kappa shape index (κ1) is 21.1. The van der Waals surface area contributed by atoms with Crippen LogP contribution in [0.1, 0.15) is 30.4 Å². The van der Waals surface area contributed by atoms with E-state index in [2.05, 4.69) is 56.5 Å². The molecule has 1 amide bonds. The van der Waals surface area contributed by atoms with E-state index in [1.165, 1.54) is 24.8 Å². The fourth-order valence-corrected chi connectivity index (χ4v) is 4.64. The summed E-state index contributed by atoms with van der Waals surface area (Å²) in [6.45, 7) is 4.40. The summed E-state index contributed by atoms with van der Waals surface area (Å²) in [6.07, 6.45) is 6.63. The van der Waals surface area contributed by atoms with Crippen LogP contribution in [0.4, 0.5) is 0 Å². The van der Waals surface area contributed by atoms with Crippen LogP contribution in [-0.2, 0) is 11.2 Å². The second-order valence-corrected chi connectivity index (χ2v) is 9.14. The normalized spacial score (nSPS) is 17.0. The van der Waals surface area contributed by atoms with E-state index in [0.29, 0.717) is 18.7 Å². The number of hydrogen-bond donors (Lipinski definition) is 1. The third-order valence-electron chi connectivity index (χ3n) is 5.99. The molecule has 1 saturated heterocycles. The molecule has 0 aliphatic carbocycles. The first-order valence-corrected chi connectivity index (χ1v) is 11.6. The van der Waals surface area contributed by atoms with Gasteiger partial charge >= 0.3 is 0 Å². The monoisotopic (exact) mass is 468 g/mol. The highest BCUT2D eigenvalue weighted by atomic mass is 79.9.